The molecule has 8 heteroatoms. The average Bonchev–Trinajstić information content (AvgIpc) is 3.34. The van der Waals surface area contributed by atoms with Crippen LogP contribution in [0.4, 0.5) is 11.4 Å². The molecule has 7 nitrogen and oxygen atoms in total. The maximum atomic E-state index is 13.1. The van der Waals surface area contributed by atoms with E-state index in [1.54, 1.807) is 30.3 Å². The molecule has 2 amide bonds. The predicted molar refractivity (Wildman–Crippen MR) is 127 cm³/mol. The Labute approximate surface area is 193 Å². The van der Waals surface area contributed by atoms with Gasteiger partial charge in [-0.2, -0.15) is 0 Å². The third kappa shape index (κ3) is 5.79. The lowest BCUT2D eigenvalue weighted by molar-refractivity contribution is 0.0383. The Bertz CT molecular complexity index is 956. The molecular weight excluding hydrogens is 428 g/mol. The van der Waals surface area contributed by atoms with E-state index in [4.69, 9.17) is 16.3 Å². The number of hydrogen-bond acceptors (Lipinski definition) is 5. The maximum Gasteiger partial charge on any atom is 0.255 e. The molecule has 0 spiro atoms. The minimum absolute atomic E-state index is 0.126. The molecule has 2 fully saturated rings. The van der Waals surface area contributed by atoms with E-state index in [0.717, 1.165) is 64.5 Å². The molecule has 0 aromatic heterocycles. The normalized spacial score (nSPS) is 16.7. The number of halogens is 1. The van der Waals surface area contributed by atoms with Crippen LogP contribution in [0.2, 0.25) is 5.02 Å². The Morgan fingerprint density at radius 3 is 2.50 bits per heavy atom. The number of amides is 2. The van der Waals surface area contributed by atoms with Crippen LogP contribution in [0, 0.1) is 0 Å². The molecule has 32 heavy (non-hydrogen) atoms. The van der Waals surface area contributed by atoms with Gasteiger partial charge in [0.05, 0.1) is 18.8 Å². The van der Waals surface area contributed by atoms with Crippen molar-refractivity contribution in [3.05, 3.63) is 58.6 Å². The number of nitrogens with one attached hydrogen (secondary N) is 2. The van der Waals surface area contributed by atoms with Crippen molar-refractivity contribution in [3.63, 3.8) is 0 Å². The highest BCUT2D eigenvalue weighted by molar-refractivity contribution is 6.31. The Morgan fingerprint density at radius 2 is 1.75 bits per heavy atom. The number of rotatable bonds is 7. The zero-order valence-corrected chi connectivity index (χ0v) is 18.9. The highest BCUT2D eigenvalue weighted by Crippen LogP contribution is 2.28. The Morgan fingerprint density at radius 1 is 0.969 bits per heavy atom. The smallest absolute Gasteiger partial charge is 0.255 e. The summed E-state index contributed by atoms with van der Waals surface area (Å²) in [5, 5.41) is 6.44. The molecule has 0 unspecified atom stereocenters. The summed E-state index contributed by atoms with van der Waals surface area (Å²) in [6, 6.07) is 12.3. The SMILES string of the molecule is O=C(Nc1ccc(N2CCCC2)c(C(=O)NCCN2CCOCC2)c1)c1cccc(Cl)c1. The summed E-state index contributed by atoms with van der Waals surface area (Å²) in [6.07, 6.45) is 2.23. The van der Waals surface area contributed by atoms with E-state index >= 15 is 0 Å². The van der Waals surface area contributed by atoms with Crippen molar-refractivity contribution in [3.8, 4) is 0 Å². The summed E-state index contributed by atoms with van der Waals surface area (Å²) in [7, 11) is 0. The third-order valence-corrected chi connectivity index (χ3v) is 6.08. The first-order valence-electron chi connectivity index (χ1n) is 11.1. The maximum absolute atomic E-state index is 13.1. The summed E-state index contributed by atoms with van der Waals surface area (Å²) < 4.78 is 5.38. The zero-order chi connectivity index (χ0) is 22.3. The number of carbonyl (C=O) groups is 2. The van der Waals surface area contributed by atoms with E-state index in [0.29, 0.717) is 28.4 Å². The minimum atomic E-state index is -0.264. The van der Waals surface area contributed by atoms with E-state index in [9.17, 15) is 9.59 Å². The highest BCUT2D eigenvalue weighted by Gasteiger charge is 2.21. The van der Waals surface area contributed by atoms with Gasteiger partial charge >= 0.3 is 0 Å². The van der Waals surface area contributed by atoms with Gasteiger partial charge in [-0.05, 0) is 49.2 Å². The van der Waals surface area contributed by atoms with Crippen LogP contribution in [-0.2, 0) is 4.74 Å². The van der Waals surface area contributed by atoms with Gasteiger partial charge in [-0.15, -0.1) is 0 Å². The molecule has 2 aromatic carbocycles. The lowest BCUT2D eigenvalue weighted by Gasteiger charge is -2.26. The number of anilines is 2. The van der Waals surface area contributed by atoms with Crippen molar-refractivity contribution in [2.75, 3.05) is 62.7 Å². The van der Waals surface area contributed by atoms with Gasteiger partial charge in [0.15, 0.2) is 0 Å². The number of morpholine rings is 1. The molecule has 2 heterocycles. The number of carbonyl (C=O) groups excluding carboxylic acids is 2. The van der Waals surface area contributed by atoms with Gasteiger partial charge in [0.2, 0.25) is 0 Å². The van der Waals surface area contributed by atoms with Crippen LogP contribution in [-0.4, -0.2) is 69.2 Å². The molecule has 0 aliphatic carbocycles. The van der Waals surface area contributed by atoms with Gasteiger partial charge in [0.25, 0.3) is 11.8 Å². The summed E-state index contributed by atoms with van der Waals surface area (Å²) in [4.78, 5) is 30.3. The lowest BCUT2D eigenvalue weighted by Crippen LogP contribution is -2.41. The topological polar surface area (TPSA) is 73.9 Å². The first-order valence-corrected chi connectivity index (χ1v) is 11.5. The molecule has 4 rings (SSSR count). The van der Waals surface area contributed by atoms with Crippen LogP contribution in [0.5, 0.6) is 0 Å². The standard InChI is InChI=1S/C24H29ClN4O3/c25-19-5-3-4-18(16-19)23(30)27-20-6-7-22(29-9-1-2-10-29)21(17-20)24(31)26-8-11-28-12-14-32-15-13-28/h3-7,16-17H,1-2,8-15H2,(H,26,31)(H,27,30). The second kappa shape index (κ2) is 10.8. The monoisotopic (exact) mass is 456 g/mol. The van der Waals surface area contributed by atoms with Crippen molar-refractivity contribution in [2.24, 2.45) is 0 Å². The molecule has 2 aliphatic rings. The van der Waals surface area contributed by atoms with E-state index in [2.05, 4.69) is 20.4 Å². The Balaban J connectivity index is 1.47. The molecule has 0 saturated carbocycles. The average molecular weight is 457 g/mol. The fourth-order valence-electron chi connectivity index (χ4n) is 4.11. The van der Waals surface area contributed by atoms with Gasteiger partial charge in [-0.3, -0.25) is 14.5 Å². The second-order valence-corrected chi connectivity index (χ2v) is 8.54. The molecule has 2 aliphatic heterocycles. The van der Waals surface area contributed by atoms with Crippen LogP contribution >= 0.6 is 11.6 Å². The summed E-state index contributed by atoms with van der Waals surface area (Å²) in [6.45, 7) is 6.48. The highest BCUT2D eigenvalue weighted by atomic mass is 35.5. The number of benzene rings is 2. The largest absolute Gasteiger partial charge is 0.379 e. The van der Waals surface area contributed by atoms with Gasteiger partial charge < -0.3 is 20.3 Å². The molecular formula is C24H29ClN4O3. The quantitative estimate of drug-likeness (QED) is 0.669. The first kappa shape index (κ1) is 22.6. The van der Waals surface area contributed by atoms with Gasteiger partial charge in [-0.25, -0.2) is 0 Å². The Kier molecular flexibility index (Phi) is 7.63. The number of hydrogen-bond donors (Lipinski definition) is 2. The van der Waals surface area contributed by atoms with Gasteiger partial charge in [-0.1, -0.05) is 17.7 Å². The summed E-state index contributed by atoms with van der Waals surface area (Å²) >= 11 is 6.01. The molecule has 170 valence electrons. The molecule has 2 saturated heterocycles. The molecule has 0 radical (unpaired) electrons. The number of ether oxygens (including phenoxy) is 1. The van der Waals surface area contributed by atoms with Crippen LogP contribution in [0.1, 0.15) is 33.6 Å². The summed E-state index contributed by atoms with van der Waals surface area (Å²) in [5.41, 5.74) is 2.54. The fraction of sp³-hybridized carbons (Fsp3) is 0.417. The third-order valence-electron chi connectivity index (χ3n) is 5.85. The van der Waals surface area contributed by atoms with E-state index < -0.39 is 0 Å². The second-order valence-electron chi connectivity index (χ2n) is 8.10. The van der Waals surface area contributed by atoms with Crippen molar-refractivity contribution in [2.45, 2.75) is 12.8 Å². The predicted octanol–water partition coefficient (Wildman–Crippen LogP) is 3.25. The first-order chi connectivity index (χ1) is 15.6. The van der Waals surface area contributed by atoms with Crippen molar-refractivity contribution >= 4 is 34.8 Å². The van der Waals surface area contributed by atoms with Crippen molar-refractivity contribution in [1.82, 2.24) is 10.2 Å². The van der Waals surface area contributed by atoms with E-state index in [1.807, 2.05) is 12.1 Å². The molecule has 0 bridgehead atoms. The van der Waals surface area contributed by atoms with E-state index in [1.165, 1.54) is 0 Å². The molecule has 2 N–H and O–H groups in total. The fourth-order valence-corrected chi connectivity index (χ4v) is 4.30. The molecule has 0 atom stereocenters. The Hall–Kier alpha value is -2.61. The van der Waals surface area contributed by atoms with Crippen LogP contribution in [0.15, 0.2) is 42.5 Å². The van der Waals surface area contributed by atoms with E-state index in [-0.39, 0.29) is 11.8 Å². The molecule has 2 aromatic rings. The lowest BCUT2D eigenvalue weighted by atomic mass is 10.1. The van der Waals surface area contributed by atoms with Crippen LogP contribution in [0.25, 0.3) is 0 Å². The van der Waals surface area contributed by atoms with Crippen molar-refractivity contribution in [1.29, 1.82) is 0 Å². The van der Waals surface area contributed by atoms with Crippen LogP contribution < -0.4 is 15.5 Å². The van der Waals surface area contributed by atoms with Gasteiger partial charge in [0, 0.05) is 61.2 Å². The van der Waals surface area contributed by atoms with Gasteiger partial charge in [0.1, 0.15) is 0 Å². The number of nitrogens with zero attached hydrogens (tertiary/aromatic N) is 2. The zero-order valence-electron chi connectivity index (χ0n) is 18.1. The van der Waals surface area contributed by atoms with Crippen molar-refractivity contribution < 1.29 is 14.3 Å². The van der Waals surface area contributed by atoms with Crippen LogP contribution in [0.3, 0.4) is 0 Å². The summed E-state index contributed by atoms with van der Waals surface area (Å²) in [5.74, 6) is -0.390. The minimum Gasteiger partial charge on any atom is -0.379 e.